The van der Waals surface area contributed by atoms with Crippen molar-refractivity contribution in [3.63, 3.8) is 0 Å². The fourth-order valence-corrected chi connectivity index (χ4v) is 3.38. The van der Waals surface area contributed by atoms with Crippen LogP contribution in [0.2, 0.25) is 0 Å². The zero-order valence-corrected chi connectivity index (χ0v) is 14.1. The van der Waals surface area contributed by atoms with E-state index in [4.69, 9.17) is 10.5 Å². The molecule has 0 unspecified atom stereocenters. The van der Waals surface area contributed by atoms with Gasteiger partial charge in [0.2, 0.25) is 0 Å². The second kappa shape index (κ2) is 7.49. The molecule has 106 valence electrons. The van der Waals surface area contributed by atoms with Crippen LogP contribution in [0, 0.1) is 2.88 Å². The van der Waals surface area contributed by atoms with E-state index in [-0.39, 0.29) is 0 Å². The van der Waals surface area contributed by atoms with Gasteiger partial charge in [0.25, 0.3) is 0 Å². The number of ether oxygens (including phenoxy) is 1. The van der Waals surface area contributed by atoms with Gasteiger partial charge in [-0.05, 0) is 59.0 Å². The summed E-state index contributed by atoms with van der Waals surface area (Å²) < 4.78 is 6.40. The van der Waals surface area contributed by atoms with Crippen LogP contribution in [0.5, 0.6) is 5.75 Å². The Morgan fingerprint density at radius 3 is 2.65 bits per heavy atom. The molecule has 0 saturated carbocycles. The van der Waals surface area contributed by atoms with Gasteiger partial charge in [0.15, 0.2) is 5.96 Å². The lowest BCUT2D eigenvalue weighted by Gasteiger charge is -2.06. The highest BCUT2D eigenvalue weighted by atomic mass is 127. The molecule has 0 aliphatic carbocycles. The zero-order valence-electron chi connectivity index (χ0n) is 11.1. The lowest BCUT2D eigenvalue weighted by molar-refractivity contribution is 0.415. The van der Waals surface area contributed by atoms with E-state index >= 15 is 0 Å². The number of nitrogens with one attached hydrogen (secondary N) is 1. The maximum atomic E-state index is 5.86. The second-order valence-electron chi connectivity index (χ2n) is 4.08. The molecular weight excluding hydrogens is 385 g/mol. The summed E-state index contributed by atoms with van der Waals surface area (Å²) in [6.07, 6.45) is 0.915. The van der Waals surface area contributed by atoms with Crippen LogP contribution in [-0.2, 0) is 6.42 Å². The molecule has 1 aromatic heterocycles. The fourth-order valence-electron chi connectivity index (χ4n) is 1.63. The molecule has 0 fully saturated rings. The van der Waals surface area contributed by atoms with Gasteiger partial charge >= 0.3 is 0 Å². The highest BCUT2D eigenvalue weighted by molar-refractivity contribution is 14.1. The van der Waals surface area contributed by atoms with Crippen LogP contribution in [0.15, 0.2) is 41.4 Å². The molecule has 1 heterocycles. The third kappa shape index (κ3) is 4.68. The van der Waals surface area contributed by atoms with E-state index in [0.717, 1.165) is 17.9 Å². The van der Waals surface area contributed by atoms with Crippen LogP contribution >= 0.6 is 33.9 Å². The SMILES string of the molecule is COc1ccc(NC(N)=NCCc2ccc(I)s2)cc1. The minimum Gasteiger partial charge on any atom is -0.497 e. The Bertz CT molecular complexity index is 580. The van der Waals surface area contributed by atoms with Crippen molar-refractivity contribution in [2.75, 3.05) is 19.0 Å². The third-order valence-corrected chi connectivity index (χ3v) is 4.59. The minimum atomic E-state index is 0.432. The average molecular weight is 401 g/mol. The van der Waals surface area contributed by atoms with Crippen molar-refractivity contribution in [1.29, 1.82) is 0 Å². The van der Waals surface area contributed by atoms with E-state index in [0.29, 0.717) is 12.5 Å². The monoisotopic (exact) mass is 401 g/mol. The molecule has 6 heteroatoms. The molecule has 0 bridgehead atoms. The molecule has 0 aliphatic rings. The van der Waals surface area contributed by atoms with Gasteiger partial charge in [0, 0.05) is 23.5 Å². The van der Waals surface area contributed by atoms with Crippen molar-refractivity contribution in [1.82, 2.24) is 0 Å². The summed E-state index contributed by atoms with van der Waals surface area (Å²) in [5.41, 5.74) is 6.76. The first-order valence-electron chi connectivity index (χ1n) is 6.12. The maximum Gasteiger partial charge on any atom is 0.193 e. The molecule has 1 aromatic carbocycles. The fraction of sp³-hybridized carbons (Fsp3) is 0.214. The van der Waals surface area contributed by atoms with Crippen LogP contribution < -0.4 is 15.8 Å². The van der Waals surface area contributed by atoms with Crippen LogP contribution in [0.3, 0.4) is 0 Å². The number of hydrogen-bond donors (Lipinski definition) is 2. The van der Waals surface area contributed by atoms with E-state index in [1.54, 1.807) is 18.4 Å². The number of thiophene rings is 1. The van der Waals surface area contributed by atoms with Gasteiger partial charge < -0.3 is 15.8 Å². The summed E-state index contributed by atoms with van der Waals surface area (Å²) in [6.45, 7) is 0.686. The molecule has 3 N–H and O–H groups in total. The second-order valence-corrected chi connectivity index (χ2v) is 7.14. The van der Waals surface area contributed by atoms with E-state index < -0.39 is 0 Å². The first-order chi connectivity index (χ1) is 9.67. The van der Waals surface area contributed by atoms with Gasteiger partial charge in [0.1, 0.15) is 5.75 Å². The zero-order chi connectivity index (χ0) is 14.4. The summed E-state index contributed by atoms with van der Waals surface area (Å²) in [6, 6.07) is 11.8. The molecule has 0 amide bonds. The number of nitrogens with zero attached hydrogens (tertiary/aromatic N) is 1. The predicted molar refractivity (Wildman–Crippen MR) is 93.8 cm³/mol. The van der Waals surface area contributed by atoms with Gasteiger partial charge in [-0.3, -0.25) is 4.99 Å². The Labute approximate surface area is 136 Å². The summed E-state index contributed by atoms with van der Waals surface area (Å²) >= 11 is 4.11. The van der Waals surface area contributed by atoms with Crippen molar-refractivity contribution in [3.8, 4) is 5.75 Å². The first-order valence-corrected chi connectivity index (χ1v) is 8.02. The molecular formula is C14H16IN3OS. The van der Waals surface area contributed by atoms with Gasteiger partial charge in [0.05, 0.1) is 9.99 Å². The Balaban J connectivity index is 1.83. The average Bonchev–Trinajstić information content (AvgIpc) is 2.85. The van der Waals surface area contributed by atoms with E-state index in [2.05, 4.69) is 45.0 Å². The van der Waals surface area contributed by atoms with Crippen LogP contribution in [-0.4, -0.2) is 19.6 Å². The summed E-state index contributed by atoms with van der Waals surface area (Å²) in [7, 11) is 1.64. The van der Waals surface area contributed by atoms with Gasteiger partial charge in [-0.15, -0.1) is 11.3 Å². The number of halogens is 1. The van der Waals surface area contributed by atoms with E-state index in [1.165, 1.54) is 7.76 Å². The summed E-state index contributed by atoms with van der Waals surface area (Å²) in [5.74, 6) is 1.25. The number of nitrogens with two attached hydrogens (primary N) is 1. The highest BCUT2D eigenvalue weighted by Gasteiger charge is 1.98. The van der Waals surface area contributed by atoms with Crippen molar-refractivity contribution < 1.29 is 4.74 Å². The third-order valence-electron chi connectivity index (χ3n) is 2.63. The summed E-state index contributed by atoms with van der Waals surface area (Å²) in [5, 5.41) is 3.06. The Hall–Kier alpha value is -1.28. The van der Waals surface area contributed by atoms with E-state index in [1.807, 2.05) is 24.3 Å². The van der Waals surface area contributed by atoms with Crippen molar-refractivity contribution in [2.24, 2.45) is 10.7 Å². The van der Waals surface area contributed by atoms with Crippen molar-refractivity contribution in [2.45, 2.75) is 6.42 Å². The van der Waals surface area contributed by atoms with Gasteiger partial charge in [-0.25, -0.2) is 0 Å². The number of aliphatic imine (C=N–C) groups is 1. The van der Waals surface area contributed by atoms with Crippen LogP contribution in [0.25, 0.3) is 0 Å². The number of hydrogen-bond acceptors (Lipinski definition) is 3. The lowest BCUT2D eigenvalue weighted by Crippen LogP contribution is -2.23. The normalized spacial score (nSPS) is 11.4. The molecule has 0 radical (unpaired) electrons. The first kappa shape index (κ1) is 15.1. The molecule has 0 aliphatic heterocycles. The molecule has 0 atom stereocenters. The quantitative estimate of drug-likeness (QED) is 0.459. The molecule has 0 saturated heterocycles. The standard InChI is InChI=1S/C14H16IN3OS/c1-19-11-4-2-10(3-5-11)18-14(16)17-9-8-12-6-7-13(15)20-12/h2-7H,8-9H2,1H3,(H3,16,17,18). The Kier molecular flexibility index (Phi) is 5.66. The molecule has 4 nitrogen and oxygen atoms in total. The van der Waals surface area contributed by atoms with Gasteiger partial charge in [-0.2, -0.15) is 0 Å². The number of guanidine groups is 1. The lowest BCUT2D eigenvalue weighted by atomic mass is 10.3. The topological polar surface area (TPSA) is 59.6 Å². The van der Waals surface area contributed by atoms with Crippen molar-refractivity contribution in [3.05, 3.63) is 44.2 Å². The summed E-state index contributed by atoms with van der Waals surface area (Å²) in [4.78, 5) is 5.65. The number of methoxy groups -OCH3 is 1. The maximum absolute atomic E-state index is 5.86. The van der Waals surface area contributed by atoms with Crippen LogP contribution in [0.1, 0.15) is 4.88 Å². The number of rotatable bonds is 5. The minimum absolute atomic E-state index is 0.432. The van der Waals surface area contributed by atoms with Crippen molar-refractivity contribution >= 4 is 45.6 Å². The largest absolute Gasteiger partial charge is 0.497 e. The highest BCUT2D eigenvalue weighted by Crippen LogP contribution is 2.18. The molecule has 20 heavy (non-hydrogen) atoms. The smallest absolute Gasteiger partial charge is 0.193 e. The molecule has 2 rings (SSSR count). The Morgan fingerprint density at radius 2 is 2.05 bits per heavy atom. The Morgan fingerprint density at radius 1 is 1.30 bits per heavy atom. The molecule has 0 spiro atoms. The predicted octanol–water partition coefficient (Wildman–Crippen LogP) is 3.33. The molecule has 2 aromatic rings. The van der Waals surface area contributed by atoms with Gasteiger partial charge in [-0.1, -0.05) is 0 Å². The van der Waals surface area contributed by atoms with E-state index in [9.17, 15) is 0 Å². The number of benzene rings is 1. The number of anilines is 1. The van der Waals surface area contributed by atoms with Crippen LogP contribution in [0.4, 0.5) is 5.69 Å².